The fourth-order valence-electron chi connectivity index (χ4n) is 2.35. The summed E-state index contributed by atoms with van der Waals surface area (Å²) in [7, 11) is 1.53. The van der Waals surface area contributed by atoms with Crippen molar-refractivity contribution in [2.24, 2.45) is 0 Å². The van der Waals surface area contributed by atoms with E-state index in [0.29, 0.717) is 12.4 Å². The number of nitrogens with one attached hydrogen (secondary N) is 1. The molecule has 0 aliphatic carbocycles. The zero-order valence-corrected chi connectivity index (χ0v) is 14.1. The predicted octanol–water partition coefficient (Wildman–Crippen LogP) is 4.16. The summed E-state index contributed by atoms with van der Waals surface area (Å²) in [5.74, 6) is 1.36. The summed E-state index contributed by atoms with van der Waals surface area (Å²) in [6.07, 6.45) is 0.517. The van der Waals surface area contributed by atoms with Crippen LogP contribution in [0.2, 0.25) is 0 Å². The average molecular weight is 313 g/mol. The minimum absolute atomic E-state index is 0.352. The van der Waals surface area contributed by atoms with Gasteiger partial charge in [-0.05, 0) is 49.1 Å². The summed E-state index contributed by atoms with van der Waals surface area (Å²) < 4.78 is 11.2. The van der Waals surface area contributed by atoms with Gasteiger partial charge in [0, 0.05) is 12.6 Å². The minimum Gasteiger partial charge on any atom is -0.488 e. The molecule has 4 heteroatoms. The molecule has 0 radical (unpaired) electrons. The first-order chi connectivity index (χ1) is 11.0. The Morgan fingerprint density at radius 3 is 2.52 bits per heavy atom. The first-order valence-corrected chi connectivity index (χ1v) is 7.75. The maximum absolute atomic E-state index is 11.5. The third kappa shape index (κ3) is 4.25. The molecule has 0 fully saturated rings. The normalized spacial score (nSPS) is 10.3. The molecule has 23 heavy (non-hydrogen) atoms. The van der Waals surface area contributed by atoms with E-state index in [4.69, 9.17) is 9.47 Å². The molecule has 0 aliphatic heterocycles. The standard InChI is InChI=1S/C19H23NO3/c1-5-15-9-10-17(14(3)11-15)22-12-16-13(2)7-6-8-18(16)23-19(21)20-4/h6-11H,5,12H2,1-4H3,(H,20,21). The minimum atomic E-state index is -0.486. The predicted molar refractivity (Wildman–Crippen MR) is 91.2 cm³/mol. The molecule has 0 spiro atoms. The molecule has 0 aromatic heterocycles. The quantitative estimate of drug-likeness (QED) is 0.901. The Morgan fingerprint density at radius 1 is 1.09 bits per heavy atom. The lowest BCUT2D eigenvalue weighted by molar-refractivity contribution is 0.201. The maximum atomic E-state index is 11.5. The van der Waals surface area contributed by atoms with Gasteiger partial charge in [0.15, 0.2) is 0 Å². The molecule has 0 saturated carbocycles. The van der Waals surface area contributed by atoms with E-state index in [-0.39, 0.29) is 0 Å². The number of hydrogen-bond acceptors (Lipinski definition) is 3. The first-order valence-electron chi connectivity index (χ1n) is 7.75. The van der Waals surface area contributed by atoms with Gasteiger partial charge in [0.2, 0.25) is 0 Å². The second kappa shape index (κ2) is 7.68. The molecule has 0 aliphatic rings. The second-order valence-corrected chi connectivity index (χ2v) is 5.43. The monoisotopic (exact) mass is 313 g/mol. The Kier molecular flexibility index (Phi) is 5.63. The Morgan fingerprint density at radius 2 is 1.87 bits per heavy atom. The molecule has 0 unspecified atom stereocenters. The van der Waals surface area contributed by atoms with Gasteiger partial charge >= 0.3 is 6.09 Å². The molecular formula is C19H23NO3. The van der Waals surface area contributed by atoms with Gasteiger partial charge in [0.05, 0.1) is 0 Å². The lowest BCUT2D eigenvalue weighted by atomic mass is 10.1. The summed E-state index contributed by atoms with van der Waals surface area (Å²) in [6, 6.07) is 11.8. The van der Waals surface area contributed by atoms with Crippen molar-refractivity contribution in [1.29, 1.82) is 0 Å². The molecule has 122 valence electrons. The Bertz CT molecular complexity index is 695. The molecular weight excluding hydrogens is 290 g/mol. The summed E-state index contributed by atoms with van der Waals surface area (Å²) in [6.45, 7) is 6.49. The van der Waals surface area contributed by atoms with Crippen molar-refractivity contribution in [2.75, 3.05) is 7.05 Å². The largest absolute Gasteiger partial charge is 0.488 e. The number of amides is 1. The van der Waals surface area contributed by atoms with Gasteiger partial charge in [-0.1, -0.05) is 31.2 Å². The van der Waals surface area contributed by atoms with Crippen molar-refractivity contribution in [3.8, 4) is 11.5 Å². The Hall–Kier alpha value is -2.49. The van der Waals surface area contributed by atoms with E-state index in [1.807, 2.05) is 32.0 Å². The van der Waals surface area contributed by atoms with Crippen LogP contribution in [0.5, 0.6) is 11.5 Å². The third-order valence-electron chi connectivity index (χ3n) is 3.79. The lowest BCUT2D eigenvalue weighted by Crippen LogP contribution is -2.23. The number of hydrogen-bond donors (Lipinski definition) is 1. The molecule has 2 rings (SSSR count). The van der Waals surface area contributed by atoms with Crippen molar-refractivity contribution in [3.05, 3.63) is 58.7 Å². The van der Waals surface area contributed by atoms with Gasteiger partial charge < -0.3 is 14.8 Å². The zero-order chi connectivity index (χ0) is 16.8. The molecule has 0 bridgehead atoms. The van der Waals surface area contributed by atoms with Crippen molar-refractivity contribution >= 4 is 6.09 Å². The number of carbonyl (C=O) groups excluding carboxylic acids is 1. The van der Waals surface area contributed by atoms with E-state index in [0.717, 1.165) is 28.9 Å². The van der Waals surface area contributed by atoms with E-state index in [1.165, 1.54) is 12.6 Å². The van der Waals surface area contributed by atoms with E-state index >= 15 is 0 Å². The van der Waals surface area contributed by atoms with Gasteiger partial charge in [0.1, 0.15) is 18.1 Å². The lowest BCUT2D eigenvalue weighted by Gasteiger charge is -2.15. The van der Waals surface area contributed by atoms with E-state index in [9.17, 15) is 4.79 Å². The van der Waals surface area contributed by atoms with Crippen LogP contribution in [0.15, 0.2) is 36.4 Å². The van der Waals surface area contributed by atoms with Gasteiger partial charge in [-0.15, -0.1) is 0 Å². The van der Waals surface area contributed by atoms with Crippen molar-refractivity contribution < 1.29 is 14.3 Å². The molecule has 1 N–H and O–H groups in total. The highest BCUT2D eigenvalue weighted by Gasteiger charge is 2.12. The summed E-state index contributed by atoms with van der Waals surface area (Å²) in [4.78, 5) is 11.5. The van der Waals surface area contributed by atoms with Gasteiger partial charge in [0.25, 0.3) is 0 Å². The topological polar surface area (TPSA) is 47.6 Å². The number of aryl methyl sites for hydroxylation is 3. The fraction of sp³-hybridized carbons (Fsp3) is 0.316. The summed E-state index contributed by atoms with van der Waals surface area (Å²) in [5.41, 5.74) is 4.28. The Labute approximate surface area is 137 Å². The Balaban J connectivity index is 2.18. The molecule has 1 amide bonds. The van der Waals surface area contributed by atoms with E-state index in [2.05, 4.69) is 24.4 Å². The summed E-state index contributed by atoms with van der Waals surface area (Å²) >= 11 is 0. The van der Waals surface area contributed by atoms with Crippen LogP contribution < -0.4 is 14.8 Å². The molecule has 0 saturated heterocycles. The fourth-order valence-corrected chi connectivity index (χ4v) is 2.35. The first kappa shape index (κ1) is 16.9. The highest BCUT2D eigenvalue weighted by molar-refractivity contribution is 5.70. The molecule has 4 nitrogen and oxygen atoms in total. The highest BCUT2D eigenvalue weighted by Crippen LogP contribution is 2.26. The van der Waals surface area contributed by atoms with Crippen molar-refractivity contribution in [1.82, 2.24) is 5.32 Å². The smallest absolute Gasteiger partial charge is 0.412 e. The maximum Gasteiger partial charge on any atom is 0.412 e. The van der Waals surface area contributed by atoms with Crippen LogP contribution in [0.3, 0.4) is 0 Å². The highest BCUT2D eigenvalue weighted by atomic mass is 16.6. The van der Waals surface area contributed by atoms with Crippen LogP contribution in [-0.2, 0) is 13.0 Å². The average Bonchev–Trinajstić information content (AvgIpc) is 2.55. The van der Waals surface area contributed by atoms with Crippen LogP contribution in [-0.4, -0.2) is 13.1 Å². The summed E-state index contributed by atoms with van der Waals surface area (Å²) in [5, 5.41) is 2.45. The van der Waals surface area contributed by atoms with Crippen LogP contribution in [0.4, 0.5) is 4.79 Å². The van der Waals surface area contributed by atoms with Crippen molar-refractivity contribution in [2.45, 2.75) is 33.8 Å². The molecule has 2 aromatic carbocycles. The third-order valence-corrected chi connectivity index (χ3v) is 3.79. The number of rotatable bonds is 5. The second-order valence-electron chi connectivity index (χ2n) is 5.43. The van der Waals surface area contributed by atoms with Crippen LogP contribution in [0, 0.1) is 13.8 Å². The molecule has 0 atom stereocenters. The van der Waals surface area contributed by atoms with E-state index in [1.54, 1.807) is 6.07 Å². The van der Waals surface area contributed by atoms with Crippen LogP contribution in [0.1, 0.15) is 29.2 Å². The van der Waals surface area contributed by atoms with Gasteiger partial charge in [-0.3, -0.25) is 0 Å². The number of ether oxygens (including phenoxy) is 2. The SMILES string of the molecule is CCc1ccc(OCc2c(C)cccc2OC(=O)NC)c(C)c1. The van der Waals surface area contributed by atoms with Gasteiger partial charge in [-0.2, -0.15) is 0 Å². The zero-order valence-electron chi connectivity index (χ0n) is 14.1. The number of benzene rings is 2. The van der Waals surface area contributed by atoms with Crippen LogP contribution in [0.25, 0.3) is 0 Å². The molecule has 0 heterocycles. The molecule has 2 aromatic rings. The number of carbonyl (C=O) groups is 1. The van der Waals surface area contributed by atoms with Gasteiger partial charge in [-0.25, -0.2) is 4.79 Å². The van der Waals surface area contributed by atoms with Crippen molar-refractivity contribution in [3.63, 3.8) is 0 Å². The van der Waals surface area contributed by atoms with E-state index < -0.39 is 6.09 Å². The van der Waals surface area contributed by atoms with Crippen LogP contribution >= 0.6 is 0 Å².